The van der Waals surface area contributed by atoms with Crippen LogP contribution in [-0.4, -0.2) is 34.0 Å². The van der Waals surface area contributed by atoms with Crippen molar-refractivity contribution < 1.29 is 8.42 Å². The third-order valence-corrected chi connectivity index (χ3v) is 6.20. The summed E-state index contributed by atoms with van der Waals surface area (Å²) < 4.78 is 28.4. The number of hydrogen-bond donors (Lipinski definition) is 2. The molecule has 4 nitrogen and oxygen atoms in total. The Kier molecular flexibility index (Phi) is 8.26. The number of sulfonamides is 1. The van der Waals surface area contributed by atoms with Gasteiger partial charge in [0.05, 0.1) is 4.90 Å². The first-order valence-corrected chi connectivity index (χ1v) is 10.5. The van der Waals surface area contributed by atoms with Crippen LogP contribution in [0.4, 0.5) is 0 Å². The van der Waals surface area contributed by atoms with Gasteiger partial charge in [-0.2, -0.15) is 11.8 Å². The number of unbranched alkanes of at least 4 members (excludes halogenated alkanes) is 1. The van der Waals surface area contributed by atoms with E-state index in [1.54, 1.807) is 17.8 Å². The average Bonchev–Trinajstić information content (AvgIpc) is 2.42. The predicted octanol–water partition coefficient (Wildman–Crippen LogP) is 2.90. The summed E-state index contributed by atoms with van der Waals surface area (Å²) in [6.07, 6.45) is 3.93. The highest BCUT2D eigenvalue weighted by Gasteiger charge is 2.18. The summed E-state index contributed by atoms with van der Waals surface area (Å²) >= 11 is 5.22. The van der Waals surface area contributed by atoms with Gasteiger partial charge in [0, 0.05) is 17.6 Å². The van der Waals surface area contributed by atoms with E-state index in [0.717, 1.165) is 34.2 Å². The van der Waals surface area contributed by atoms with Crippen molar-refractivity contribution in [3.63, 3.8) is 0 Å². The van der Waals surface area contributed by atoms with Gasteiger partial charge in [-0.3, -0.25) is 0 Å². The van der Waals surface area contributed by atoms with Crippen LogP contribution < -0.4 is 10.0 Å². The Labute approximate surface area is 140 Å². The molecule has 0 aliphatic rings. The molecule has 7 heteroatoms. The minimum Gasteiger partial charge on any atom is -0.316 e. The number of halogens is 1. The fourth-order valence-corrected chi connectivity index (χ4v) is 4.47. The number of thioether (sulfide) groups is 1. The van der Waals surface area contributed by atoms with Crippen LogP contribution in [0.15, 0.2) is 21.5 Å². The Morgan fingerprint density at radius 1 is 1.29 bits per heavy atom. The number of benzene rings is 1. The van der Waals surface area contributed by atoms with Crippen molar-refractivity contribution >= 4 is 37.7 Å². The Morgan fingerprint density at radius 2 is 2.00 bits per heavy atom. The van der Waals surface area contributed by atoms with Crippen LogP contribution in [0.25, 0.3) is 0 Å². The van der Waals surface area contributed by atoms with Gasteiger partial charge >= 0.3 is 0 Å². The summed E-state index contributed by atoms with van der Waals surface area (Å²) in [6.45, 7) is 2.93. The van der Waals surface area contributed by atoms with Crippen LogP contribution in [0.2, 0.25) is 0 Å². The van der Waals surface area contributed by atoms with Crippen molar-refractivity contribution in [2.75, 3.05) is 25.6 Å². The minimum atomic E-state index is -3.46. The molecule has 0 fully saturated rings. The van der Waals surface area contributed by atoms with Crippen LogP contribution in [0.1, 0.15) is 24.0 Å². The van der Waals surface area contributed by atoms with E-state index in [1.807, 2.05) is 20.0 Å². The number of nitrogens with one attached hydrogen (secondary N) is 2. The lowest BCUT2D eigenvalue weighted by Gasteiger charge is -2.13. The fraction of sp³-hybridized carbons (Fsp3) is 0.571. The first-order valence-electron chi connectivity index (χ1n) is 6.84. The zero-order valence-electron chi connectivity index (χ0n) is 12.7. The average molecular weight is 395 g/mol. The zero-order valence-corrected chi connectivity index (χ0v) is 15.9. The first kappa shape index (κ1) is 19.0. The van der Waals surface area contributed by atoms with Crippen LogP contribution in [-0.2, 0) is 16.6 Å². The van der Waals surface area contributed by atoms with Crippen molar-refractivity contribution in [1.29, 1.82) is 0 Å². The van der Waals surface area contributed by atoms with Gasteiger partial charge in [-0.25, -0.2) is 13.1 Å². The highest BCUT2D eigenvalue weighted by Crippen LogP contribution is 2.25. The molecule has 0 bridgehead atoms. The van der Waals surface area contributed by atoms with Crippen LogP contribution in [0.3, 0.4) is 0 Å². The van der Waals surface area contributed by atoms with Gasteiger partial charge in [0.2, 0.25) is 10.0 Å². The third kappa shape index (κ3) is 5.90. The van der Waals surface area contributed by atoms with Gasteiger partial charge in [0.15, 0.2) is 0 Å². The highest BCUT2D eigenvalue weighted by molar-refractivity contribution is 9.10. The largest absolute Gasteiger partial charge is 0.316 e. The summed E-state index contributed by atoms with van der Waals surface area (Å²) in [4.78, 5) is 0.354. The quantitative estimate of drug-likeness (QED) is 0.632. The Hall–Kier alpha value is -0.0800. The van der Waals surface area contributed by atoms with E-state index in [-0.39, 0.29) is 0 Å². The fourth-order valence-electron chi connectivity index (χ4n) is 1.95. The van der Waals surface area contributed by atoms with Crippen LogP contribution in [0, 0.1) is 6.92 Å². The Balaban J connectivity index is 2.86. The summed E-state index contributed by atoms with van der Waals surface area (Å²) in [5.41, 5.74) is 1.68. The van der Waals surface area contributed by atoms with Gasteiger partial charge in [-0.1, -0.05) is 15.9 Å². The molecule has 1 rings (SSSR count). The second-order valence-electron chi connectivity index (χ2n) is 4.83. The van der Waals surface area contributed by atoms with E-state index in [2.05, 4.69) is 32.2 Å². The monoisotopic (exact) mass is 394 g/mol. The molecule has 0 heterocycles. The van der Waals surface area contributed by atoms with Gasteiger partial charge in [-0.15, -0.1) is 0 Å². The molecule has 0 aromatic heterocycles. The lowest BCUT2D eigenvalue weighted by atomic mass is 10.1. The van der Waals surface area contributed by atoms with E-state index in [9.17, 15) is 8.42 Å². The highest BCUT2D eigenvalue weighted by atomic mass is 79.9. The molecule has 21 heavy (non-hydrogen) atoms. The Bertz CT molecular complexity index is 562. The normalized spacial score (nSPS) is 11.8. The van der Waals surface area contributed by atoms with Gasteiger partial charge < -0.3 is 5.32 Å². The lowest BCUT2D eigenvalue weighted by molar-refractivity contribution is 0.577. The molecule has 1 aromatic rings. The maximum Gasteiger partial charge on any atom is 0.240 e. The summed E-state index contributed by atoms with van der Waals surface area (Å²) in [7, 11) is -1.62. The molecule has 2 N–H and O–H groups in total. The van der Waals surface area contributed by atoms with E-state index in [0.29, 0.717) is 18.0 Å². The van der Waals surface area contributed by atoms with Crippen LogP contribution >= 0.6 is 27.7 Å². The lowest BCUT2D eigenvalue weighted by Crippen LogP contribution is -2.26. The zero-order chi connectivity index (χ0) is 15.9. The number of rotatable bonds is 9. The van der Waals surface area contributed by atoms with Crippen LogP contribution in [0.5, 0.6) is 0 Å². The molecule has 0 aliphatic carbocycles. The minimum absolute atomic E-state index is 0.354. The maximum absolute atomic E-state index is 12.4. The maximum atomic E-state index is 12.4. The van der Waals surface area contributed by atoms with E-state index in [1.165, 1.54) is 0 Å². The molecule has 0 radical (unpaired) electrons. The predicted molar refractivity (Wildman–Crippen MR) is 94.4 cm³/mol. The third-order valence-electron chi connectivity index (χ3n) is 3.09. The standard InChI is InChI=1S/C14H23BrN2O2S2/c1-11-13(15)8-12(10-16-2)9-14(11)21(18,19)17-6-4-5-7-20-3/h8-9,16-17H,4-7,10H2,1-3H3. The van der Waals surface area contributed by atoms with Crippen molar-refractivity contribution in [3.8, 4) is 0 Å². The smallest absolute Gasteiger partial charge is 0.240 e. The molecule has 0 saturated heterocycles. The van der Waals surface area contributed by atoms with E-state index >= 15 is 0 Å². The molecule has 0 atom stereocenters. The van der Waals surface area contributed by atoms with Crippen molar-refractivity contribution in [2.45, 2.75) is 31.2 Å². The first-order chi connectivity index (χ1) is 9.92. The van der Waals surface area contributed by atoms with E-state index in [4.69, 9.17) is 0 Å². The molecule has 0 saturated carbocycles. The SMILES string of the molecule is CNCc1cc(Br)c(C)c(S(=O)(=O)NCCCCSC)c1. The summed E-state index contributed by atoms with van der Waals surface area (Å²) in [6, 6.07) is 3.68. The van der Waals surface area contributed by atoms with Gasteiger partial charge in [0.25, 0.3) is 0 Å². The molecular weight excluding hydrogens is 372 g/mol. The van der Waals surface area contributed by atoms with Gasteiger partial charge in [0.1, 0.15) is 0 Å². The second kappa shape index (κ2) is 9.15. The molecule has 1 aromatic carbocycles. The van der Waals surface area contributed by atoms with Crippen molar-refractivity contribution in [3.05, 3.63) is 27.7 Å². The topological polar surface area (TPSA) is 58.2 Å². The number of hydrogen-bond acceptors (Lipinski definition) is 4. The molecule has 120 valence electrons. The molecule has 0 unspecified atom stereocenters. The van der Waals surface area contributed by atoms with Crippen molar-refractivity contribution in [1.82, 2.24) is 10.0 Å². The molecule has 0 aliphatic heterocycles. The molecular formula is C14H23BrN2O2S2. The van der Waals surface area contributed by atoms with E-state index < -0.39 is 10.0 Å². The second-order valence-corrected chi connectivity index (χ2v) is 8.40. The molecule has 0 amide bonds. The van der Waals surface area contributed by atoms with Gasteiger partial charge in [-0.05, 0) is 62.1 Å². The summed E-state index contributed by atoms with van der Waals surface area (Å²) in [5.74, 6) is 1.06. The van der Waals surface area contributed by atoms with Crippen molar-refractivity contribution in [2.24, 2.45) is 0 Å². The molecule has 0 spiro atoms. The summed E-state index contributed by atoms with van der Waals surface area (Å²) in [5, 5.41) is 3.04. The Morgan fingerprint density at radius 3 is 2.62 bits per heavy atom.